The van der Waals surface area contributed by atoms with Crippen LogP contribution < -0.4 is 46.2 Å². The molecule has 142 heavy (non-hydrogen) atoms. The Morgan fingerprint density at radius 3 is 1.06 bits per heavy atom. The maximum Gasteiger partial charge on any atom is 1.00 e. The summed E-state index contributed by atoms with van der Waals surface area (Å²) < 4.78 is 39.7. The summed E-state index contributed by atoms with van der Waals surface area (Å²) in [6.45, 7) is 36.8. The van der Waals surface area contributed by atoms with Crippen molar-refractivity contribution in [2.24, 2.45) is 34.7 Å². The van der Waals surface area contributed by atoms with Crippen molar-refractivity contribution in [1.29, 1.82) is 0 Å². The van der Waals surface area contributed by atoms with Crippen LogP contribution in [0.2, 0.25) is 5.15 Å². The second-order valence-corrected chi connectivity index (χ2v) is 39.2. The molecule has 0 bridgehead atoms. The number of aromatic nitrogens is 10. The molecule has 0 radical (unpaired) electrons. The first-order valence-corrected chi connectivity index (χ1v) is 46.3. The van der Waals surface area contributed by atoms with Crippen LogP contribution in [-0.4, -0.2) is 281 Å². The van der Waals surface area contributed by atoms with E-state index in [2.05, 4.69) is 59.9 Å². The first-order valence-electron chi connectivity index (χ1n) is 45.9. The summed E-state index contributed by atoms with van der Waals surface area (Å²) in [5.41, 5.74) is 28.4. The average molecular weight is 2040 g/mol. The van der Waals surface area contributed by atoms with Crippen molar-refractivity contribution in [3.8, 4) is 0 Å². The predicted octanol–water partition coefficient (Wildman–Crippen LogP) is 8.29. The number of esters is 3. The Morgan fingerprint density at radius 1 is 0.451 bits per heavy atom. The van der Waals surface area contributed by atoms with Crippen molar-refractivity contribution in [2.75, 3.05) is 20.3 Å². The number of fused-ring (bicyclic) bond motifs is 5. The van der Waals surface area contributed by atoms with Gasteiger partial charge in [0.1, 0.15) is 76.5 Å². The van der Waals surface area contributed by atoms with Gasteiger partial charge in [0.25, 0.3) is 16.7 Å². The van der Waals surface area contributed by atoms with E-state index in [1.54, 1.807) is 41.5 Å². The quantitative estimate of drug-likeness (QED) is 0.00950. The molecule has 0 aromatic carbocycles. The number of aromatic amines is 3. The van der Waals surface area contributed by atoms with Crippen LogP contribution in [0.5, 0.6) is 0 Å². The molecule has 1 saturated carbocycles. The molecule has 5 aromatic heterocycles. The molecule has 4 saturated heterocycles. The summed E-state index contributed by atoms with van der Waals surface area (Å²) >= 11 is 6.26. The second-order valence-electron chi connectivity index (χ2n) is 38.8. The van der Waals surface area contributed by atoms with Gasteiger partial charge in [0.05, 0.1) is 96.5 Å². The van der Waals surface area contributed by atoms with Gasteiger partial charge < -0.3 is 94.9 Å². The van der Waals surface area contributed by atoms with E-state index in [4.69, 9.17) is 66.5 Å². The van der Waals surface area contributed by atoms with E-state index in [0.717, 1.165) is 39.9 Å². The number of aliphatic hydroxyl groups excluding tert-OH is 7. The summed E-state index contributed by atoms with van der Waals surface area (Å²) in [6, 6.07) is -4.15. The third-order valence-corrected chi connectivity index (χ3v) is 25.6. The number of azide groups is 1. The Labute approximate surface area is 857 Å². The van der Waals surface area contributed by atoms with E-state index in [-0.39, 0.29) is 134 Å². The van der Waals surface area contributed by atoms with Gasteiger partial charge in [-0.25, -0.2) is 54.1 Å². The standard InChI is InChI=1S/C21H28ClN3O4.C21H28N6O4.C21H29N3O5.C17H23N3O6.C13H16N2O4.CH4O.CH4.ClH.N3.Na.H2/c1-7-15-11(2)18(28-12(3)26)17(25(15)20(27)29-21(4,5)6)13-8-9-14-16(13)23-10-24-19(14)22;1-7-15-11(2)18(30-12(3)28)17(27(15)20(29)31-21(4,5)6)13-8-9-14-16(13)23-10-24-19(14)25-26-22;1-7-15-11(2)18(28-12(3)25)17(24(15)20(27)29-21(4,5)6)13-8-9-14-16(13)22-10-23-19(14)26;1-17(2,3)26-16(25)20-10(6-21)13(22)14(23)12(20)8-4-5-9-11(8)18-7-19-15(9)24;16-4-6-3-9(12(18)11(6)17)7-1-2-8-10(7)14-5-15-13(8)19;1-2;;;1-3-2;;/h8,10-11,15,17-18H,7,9H2,1-6H3;8,10-11,15,17-18H,7,9H2,1-6H3;8,10-11,15,17-18H,7,9H2,1-6H3,(H,22,23,26);4,7,10,12-14,21-23H,5-6H2,1-3H3,(H,18,19,24);1,5-6,9,11-12,16-18H,2-4H2,(H,14,15,19);2H,1H3;1H4;1H;;;1H/q;;;;;;;;-1;+1;/t3*11-,15-,17+,18-;10-,12+,13-,14+;6-,9+,11-,12+;;;;;;/m11111....../s1. The molecule has 5 aromatic rings. The number of hydrogen-bond donors (Lipinski definition) is 10. The minimum Gasteiger partial charge on any atom is -0.460 e. The fourth-order valence-electron chi connectivity index (χ4n) is 19.8. The average Bonchev–Trinajstić information content (AvgIpc) is 1.59. The van der Waals surface area contributed by atoms with Gasteiger partial charge in [-0.15, -0.1) is 12.4 Å². The largest absolute Gasteiger partial charge is 1.00 e. The maximum absolute atomic E-state index is 13.3. The number of allylic oxidation sites excluding steroid dienone is 5. The zero-order valence-corrected chi connectivity index (χ0v) is 87.1. The fraction of sp³-hybridized carbons (Fsp3) is 0.611. The van der Waals surface area contributed by atoms with Crippen molar-refractivity contribution in [1.82, 2.24) is 69.4 Å². The minimum atomic E-state index is -1.36. The number of H-pyrrole nitrogens is 3. The molecule has 9 heterocycles. The predicted molar refractivity (Wildman–Crippen MR) is 523 cm³/mol. The van der Waals surface area contributed by atoms with Gasteiger partial charge in [0.2, 0.25) is 0 Å². The summed E-state index contributed by atoms with van der Waals surface area (Å²) in [7, 11) is 1.00. The van der Waals surface area contributed by atoms with Gasteiger partial charge in [-0.2, -0.15) is 0 Å². The number of ether oxygens (including phenoxy) is 7. The number of hydrogen-bond acceptors (Lipinski definition) is 32. The number of amides is 4. The molecule has 4 aliphatic heterocycles. The van der Waals surface area contributed by atoms with Crippen molar-refractivity contribution < 1.29 is 133 Å². The molecular weight excluding hydrogens is 1900 g/mol. The third-order valence-electron chi connectivity index (χ3n) is 25.3. The Hall–Kier alpha value is -11.1. The van der Waals surface area contributed by atoms with Crippen LogP contribution in [0.1, 0.15) is 236 Å². The van der Waals surface area contributed by atoms with E-state index in [1.807, 2.05) is 128 Å². The smallest absolute Gasteiger partial charge is 0.460 e. The van der Waals surface area contributed by atoms with E-state index in [0.29, 0.717) is 119 Å². The minimum absolute atomic E-state index is 0. The number of carbonyl (C=O) groups is 7. The molecule has 0 unspecified atom stereocenters. The van der Waals surface area contributed by atoms with Gasteiger partial charge in [0.15, 0.2) is 0 Å². The first-order chi connectivity index (χ1) is 65.4. The Morgan fingerprint density at radius 2 is 0.746 bits per heavy atom. The number of nitrogens with zero attached hydrogens (tertiary/aromatic N) is 17. The summed E-state index contributed by atoms with van der Waals surface area (Å²) in [5, 5.41) is 70.8. The van der Waals surface area contributed by atoms with Gasteiger partial charge in [-0.05, 0) is 157 Å². The van der Waals surface area contributed by atoms with E-state index < -0.39 is 138 Å². The molecule has 44 nitrogen and oxygen atoms in total. The third kappa shape index (κ3) is 26.7. The van der Waals surface area contributed by atoms with Crippen LogP contribution in [0.25, 0.3) is 54.3 Å². The van der Waals surface area contributed by atoms with Crippen molar-refractivity contribution in [3.63, 3.8) is 0 Å². The number of aliphatic hydroxyl groups is 7. The summed E-state index contributed by atoms with van der Waals surface area (Å²) in [4.78, 5) is 172. The number of likely N-dealkylation sites (tertiary alicyclic amines) is 4. The zero-order chi connectivity index (χ0) is 103. The van der Waals surface area contributed by atoms with Crippen LogP contribution >= 0.6 is 24.0 Å². The van der Waals surface area contributed by atoms with Gasteiger partial charge in [0, 0.05) is 139 Å². The van der Waals surface area contributed by atoms with Crippen molar-refractivity contribution >= 4 is 100.0 Å². The molecule has 4 amide bonds. The Balaban J connectivity index is 0.000000311. The van der Waals surface area contributed by atoms with Gasteiger partial charge >= 0.3 is 71.8 Å². The Bertz CT molecular complexity index is 5800. The van der Waals surface area contributed by atoms with Gasteiger partial charge in [-0.3, -0.25) is 53.3 Å². The molecular formula is C95H135Cl2N20NaO24. The van der Waals surface area contributed by atoms with E-state index in [1.165, 1.54) is 57.3 Å². The molecule has 20 atom stereocenters. The maximum atomic E-state index is 13.3. The molecule has 10 N–H and O–H groups in total. The van der Waals surface area contributed by atoms with Crippen molar-refractivity contribution in [3.05, 3.63) is 181 Å². The normalized spacial score (nSPS) is 25.8. The molecule has 10 aliphatic rings. The molecule has 5 fully saturated rings. The molecule has 47 heteroatoms. The number of rotatable bonds is 14. The van der Waals surface area contributed by atoms with Crippen LogP contribution in [0.4, 0.5) is 25.0 Å². The number of halogens is 2. The van der Waals surface area contributed by atoms with Crippen LogP contribution in [0, 0.1) is 29.6 Å². The zero-order valence-electron chi connectivity index (χ0n) is 83.6. The molecule has 6 aliphatic carbocycles. The molecule has 15 rings (SSSR count). The van der Waals surface area contributed by atoms with E-state index in [9.17, 15) is 78.6 Å². The van der Waals surface area contributed by atoms with Gasteiger partial charge in [-0.1, -0.05) is 91.0 Å². The monoisotopic (exact) mass is 2030 g/mol. The SMILES string of the molecule is C.CC(C)(C)OC(=O)N1[C@H](CO)[C@@H](O)[C@@H](O)[C@@H]1C1=CCc2c1nc[nH]c2=O.CC[C@@H]1[C@@H](C)[C@@H](OC(C)=O)[C@H](C2=CCc3c(Cl)ncnc32)N1C(=O)OC(C)(C)C.CC[C@@H]1[C@@H](C)[C@@H](OC(C)=O)[C@H](C2=CCc3c(N=[N+]=[N-])ncnc32)N1C(=O)OC(C)(C)C.CC[C@@H]1[C@@H](C)[C@@H](OC(C)=O)[C@H](C2=CCc3c2nc[nH]c3=O)N1C(=O)OC(C)(C)C.CO.Cl.O=c1[nH]cnc2c1CC=C2[C@@H]1C[C@H](CO)[C@@H](O)[C@H]1O.[HH].[N-]=[N+]=[N-].[Na+]. The molecule has 0 spiro atoms. The molecule has 774 valence electrons. The topological polar surface area (TPSA) is 635 Å². The first kappa shape index (κ1) is 120. The van der Waals surface area contributed by atoms with Crippen LogP contribution in [0.3, 0.4) is 0 Å². The number of nitrogens with one attached hydrogen (secondary N) is 3. The Kier molecular flexibility index (Phi) is 42.5. The van der Waals surface area contributed by atoms with Crippen molar-refractivity contribution in [2.45, 2.75) is 324 Å². The summed E-state index contributed by atoms with van der Waals surface area (Å²) in [6.07, 6.45) is 12.6. The van der Waals surface area contributed by atoms with Crippen LogP contribution in [0.15, 0.2) is 81.5 Å². The second kappa shape index (κ2) is 50.4. The van der Waals surface area contributed by atoms with E-state index >= 15 is 0 Å². The number of carbonyl (C=O) groups excluding carboxylic acids is 7. The summed E-state index contributed by atoms with van der Waals surface area (Å²) in [5.74, 6) is -1.84. The fourth-order valence-corrected chi connectivity index (χ4v) is 20.0. The van der Waals surface area contributed by atoms with Crippen LogP contribution in [-0.2, 0) is 79.6 Å².